The van der Waals surface area contributed by atoms with Gasteiger partial charge in [0.1, 0.15) is 12.4 Å². The Hall–Kier alpha value is -1.71. The standard InChI is InChI=1S/C15H20FN5O.HI/c1-3-17-15(19-10-14-20-11(2)21-22-14)18-9-8-12-6-4-5-7-13(12)16;/h4-7H,3,8-10H2,1-2H3,(H2,17,18,19);1H. The molecule has 0 aliphatic heterocycles. The lowest BCUT2D eigenvalue weighted by Crippen LogP contribution is -2.38. The Morgan fingerprint density at radius 3 is 2.74 bits per heavy atom. The minimum atomic E-state index is -0.187. The molecule has 0 amide bonds. The summed E-state index contributed by atoms with van der Waals surface area (Å²) in [5, 5.41) is 9.99. The Kier molecular flexibility index (Phi) is 8.52. The number of halogens is 2. The molecule has 2 N–H and O–H groups in total. The zero-order chi connectivity index (χ0) is 15.8. The smallest absolute Gasteiger partial charge is 0.248 e. The lowest BCUT2D eigenvalue weighted by atomic mass is 10.1. The first-order chi connectivity index (χ1) is 10.7. The van der Waals surface area contributed by atoms with E-state index in [9.17, 15) is 4.39 Å². The van der Waals surface area contributed by atoms with E-state index in [0.717, 1.165) is 6.54 Å². The van der Waals surface area contributed by atoms with Crippen molar-refractivity contribution in [3.8, 4) is 0 Å². The van der Waals surface area contributed by atoms with Crippen molar-refractivity contribution in [1.82, 2.24) is 20.8 Å². The number of nitrogens with one attached hydrogen (secondary N) is 2. The van der Waals surface area contributed by atoms with Crippen molar-refractivity contribution >= 4 is 29.9 Å². The van der Waals surface area contributed by atoms with Gasteiger partial charge in [-0.05, 0) is 31.9 Å². The third-order valence-electron chi connectivity index (χ3n) is 2.93. The molecule has 0 aliphatic rings. The normalized spacial score (nSPS) is 11.0. The molecule has 0 atom stereocenters. The fraction of sp³-hybridized carbons (Fsp3) is 0.400. The van der Waals surface area contributed by atoms with Crippen molar-refractivity contribution in [2.75, 3.05) is 13.1 Å². The van der Waals surface area contributed by atoms with Crippen molar-refractivity contribution in [2.45, 2.75) is 26.8 Å². The first-order valence-electron chi connectivity index (χ1n) is 7.24. The number of aromatic nitrogens is 2. The number of nitrogens with zero attached hydrogens (tertiary/aromatic N) is 3. The molecular weight excluding hydrogens is 412 g/mol. The minimum Gasteiger partial charge on any atom is -0.357 e. The highest BCUT2D eigenvalue weighted by atomic mass is 127. The summed E-state index contributed by atoms with van der Waals surface area (Å²) >= 11 is 0. The Morgan fingerprint density at radius 1 is 1.30 bits per heavy atom. The second-order valence-electron chi connectivity index (χ2n) is 4.70. The van der Waals surface area contributed by atoms with Gasteiger partial charge in [0.05, 0.1) is 0 Å². The van der Waals surface area contributed by atoms with Crippen LogP contribution >= 0.6 is 24.0 Å². The molecule has 0 unspecified atom stereocenters. The average molecular weight is 433 g/mol. The topological polar surface area (TPSA) is 75.3 Å². The van der Waals surface area contributed by atoms with Crippen LogP contribution in [-0.4, -0.2) is 29.2 Å². The Balaban J connectivity index is 0.00000264. The predicted octanol–water partition coefficient (Wildman–Crippen LogP) is 2.43. The third-order valence-corrected chi connectivity index (χ3v) is 2.93. The molecule has 2 aromatic rings. The van der Waals surface area contributed by atoms with Crippen LogP contribution in [-0.2, 0) is 13.0 Å². The molecule has 0 aliphatic carbocycles. The molecule has 126 valence electrons. The Bertz CT molecular complexity index is 632. The largest absolute Gasteiger partial charge is 0.357 e. The molecule has 23 heavy (non-hydrogen) atoms. The van der Waals surface area contributed by atoms with Crippen LogP contribution in [0.5, 0.6) is 0 Å². The van der Waals surface area contributed by atoms with Crippen molar-refractivity contribution < 1.29 is 8.91 Å². The second-order valence-corrected chi connectivity index (χ2v) is 4.70. The second kappa shape index (κ2) is 10.1. The highest BCUT2D eigenvalue weighted by Gasteiger charge is 2.04. The average Bonchev–Trinajstić information content (AvgIpc) is 2.92. The van der Waals surface area contributed by atoms with Crippen LogP contribution in [0.2, 0.25) is 0 Å². The van der Waals surface area contributed by atoms with E-state index in [2.05, 4.69) is 25.8 Å². The molecular formula is C15H21FIN5O. The summed E-state index contributed by atoms with van der Waals surface area (Å²) in [6.45, 7) is 5.35. The molecule has 1 heterocycles. The van der Waals surface area contributed by atoms with E-state index >= 15 is 0 Å². The zero-order valence-electron chi connectivity index (χ0n) is 13.2. The predicted molar refractivity (Wildman–Crippen MR) is 97.4 cm³/mol. The number of benzene rings is 1. The van der Waals surface area contributed by atoms with Gasteiger partial charge in [-0.2, -0.15) is 4.98 Å². The summed E-state index contributed by atoms with van der Waals surface area (Å²) in [6.07, 6.45) is 0.580. The molecule has 6 nitrogen and oxygen atoms in total. The maximum Gasteiger partial charge on any atom is 0.248 e. The van der Waals surface area contributed by atoms with Gasteiger partial charge in [0.15, 0.2) is 11.8 Å². The Morgan fingerprint density at radius 2 is 2.09 bits per heavy atom. The molecule has 1 aromatic heterocycles. The van der Waals surface area contributed by atoms with Gasteiger partial charge in [-0.1, -0.05) is 23.4 Å². The lowest BCUT2D eigenvalue weighted by Gasteiger charge is -2.11. The van der Waals surface area contributed by atoms with Crippen LogP contribution in [0.15, 0.2) is 33.8 Å². The maximum atomic E-state index is 13.5. The zero-order valence-corrected chi connectivity index (χ0v) is 15.5. The summed E-state index contributed by atoms with van der Waals surface area (Å²) in [4.78, 5) is 8.45. The SMILES string of the molecule is CCNC(=NCc1nc(C)no1)NCCc1ccccc1F.I. The van der Waals surface area contributed by atoms with Crippen LogP contribution in [0.3, 0.4) is 0 Å². The van der Waals surface area contributed by atoms with E-state index in [-0.39, 0.29) is 29.8 Å². The van der Waals surface area contributed by atoms with Gasteiger partial charge >= 0.3 is 0 Å². The summed E-state index contributed by atoms with van der Waals surface area (Å²) in [6, 6.07) is 6.76. The van der Waals surface area contributed by atoms with Gasteiger partial charge in [-0.25, -0.2) is 9.38 Å². The van der Waals surface area contributed by atoms with E-state index in [4.69, 9.17) is 4.52 Å². The minimum absolute atomic E-state index is 0. The first kappa shape index (κ1) is 19.3. The van der Waals surface area contributed by atoms with Gasteiger partial charge < -0.3 is 15.2 Å². The lowest BCUT2D eigenvalue weighted by molar-refractivity contribution is 0.376. The van der Waals surface area contributed by atoms with E-state index in [1.807, 2.05) is 13.0 Å². The first-order valence-corrected chi connectivity index (χ1v) is 7.24. The van der Waals surface area contributed by atoms with Crippen LogP contribution in [0.4, 0.5) is 4.39 Å². The molecule has 0 saturated carbocycles. The van der Waals surface area contributed by atoms with Crippen LogP contribution in [0, 0.1) is 12.7 Å². The van der Waals surface area contributed by atoms with Gasteiger partial charge in [0.2, 0.25) is 5.89 Å². The third kappa shape index (κ3) is 6.51. The van der Waals surface area contributed by atoms with Crippen LogP contribution in [0.25, 0.3) is 0 Å². The van der Waals surface area contributed by atoms with Gasteiger partial charge in [-0.15, -0.1) is 24.0 Å². The summed E-state index contributed by atoms with van der Waals surface area (Å²) in [7, 11) is 0. The molecule has 0 spiro atoms. The van der Waals surface area contributed by atoms with Gasteiger partial charge in [0.25, 0.3) is 0 Å². The molecule has 8 heteroatoms. The summed E-state index contributed by atoms with van der Waals surface area (Å²) in [5.41, 5.74) is 0.679. The number of guanidine groups is 1. The van der Waals surface area contributed by atoms with Crippen molar-refractivity contribution in [2.24, 2.45) is 4.99 Å². The molecule has 0 bridgehead atoms. The number of aryl methyl sites for hydroxylation is 1. The van der Waals surface area contributed by atoms with E-state index in [1.165, 1.54) is 6.07 Å². The monoisotopic (exact) mass is 433 g/mol. The molecule has 2 rings (SSSR count). The molecule has 1 aromatic carbocycles. The van der Waals surface area contributed by atoms with E-state index in [1.54, 1.807) is 19.1 Å². The van der Waals surface area contributed by atoms with Crippen LogP contribution in [0.1, 0.15) is 24.2 Å². The Labute approximate surface area is 152 Å². The highest BCUT2D eigenvalue weighted by molar-refractivity contribution is 14.0. The fourth-order valence-electron chi connectivity index (χ4n) is 1.91. The van der Waals surface area contributed by atoms with Gasteiger partial charge in [-0.3, -0.25) is 0 Å². The van der Waals surface area contributed by atoms with E-state index < -0.39 is 0 Å². The summed E-state index contributed by atoms with van der Waals surface area (Å²) < 4.78 is 18.5. The quantitative estimate of drug-likeness (QED) is 0.416. The highest BCUT2D eigenvalue weighted by Crippen LogP contribution is 2.06. The maximum absolute atomic E-state index is 13.5. The summed E-state index contributed by atoms with van der Waals surface area (Å²) in [5.74, 6) is 1.49. The van der Waals surface area contributed by atoms with Crippen LogP contribution < -0.4 is 10.6 Å². The number of hydrogen-bond acceptors (Lipinski definition) is 4. The van der Waals surface area contributed by atoms with Crippen molar-refractivity contribution in [3.63, 3.8) is 0 Å². The van der Waals surface area contributed by atoms with E-state index in [0.29, 0.717) is 42.7 Å². The van der Waals surface area contributed by atoms with Gasteiger partial charge in [0, 0.05) is 13.1 Å². The molecule has 0 radical (unpaired) electrons. The number of aliphatic imine (C=N–C) groups is 1. The molecule has 0 saturated heterocycles. The van der Waals surface area contributed by atoms with Crippen molar-refractivity contribution in [1.29, 1.82) is 0 Å². The van der Waals surface area contributed by atoms with Crippen molar-refractivity contribution in [3.05, 3.63) is 47.4 Å². The number of rotatable bonds is 6. The number of hydrogen-bond donors (Lipinski definition) is 2. The molecule has 0 fully saturated rings. The fourth-order valence-corrected chi connectivity index (χ4v) is 1.91.